The molecule has 156 valence electrons. The average Bonchev–Trinajstić information content (AvgIpc) is 3.31. The van der Waals surface area contributed by atoms with Gasteiger partial charge in [-0.05, 0) is 61.7 Å². The average molecular weight is 445 g/mol. The number of carbonyl (C=O) groups is 3. The van der Waals surface area contributed by atoms with Crippen molar-refractivity contribution in [2.24, 2.45) is 0 Å². The topological polar surface area (TPSA) is 70.8 Å². The second-order valence-corrected chi connectivity index (χ2v) is 8.78. The maximum absolute atomic E-state index is 12.7. The highest BCUT2D eigenvalue weighted by molar-refractivity contribution is 8.18. The standard InChI is InChI=1S/C22H21ClN2O4S/c1-14-5-6-15(11-17(14)23)18-8-7-16(29-18)12-19-21(27)25(22(28)30-19)13-20(26)24-9-3-2-4-10-24/h5-8,11-12H,2-4,9-10,13H2,1H3/b19-12-. The fourth-order valence-corrected chi connectivity index (χ4v) is 4.47. The zero-order valence-corrected chi connectivity index (χ0v) is 18.1. The summed E-state index contributed by atoms with van der Waals surface area (Å²) in [5.74, 6) is 0.415. The van der Waals surface area contributed by atoms with Gasteiger partial charge in [-0.1, -0.05) is 23.7 Å². The molecule has 1 aromatic carbocycles. The van der Waals surface area contributed by atoms with Gasteiger partial charge in [-0.15, -0.1) is 0 Å². The number of rotatable bonds is 4. The number of piperidine rings is 1. The summed E-state index contributed by atoms with van der Waals surface area (Å²) in [5, 5.41) is 0.207. The molecule has 0 saturated carbocycles. The minimum Gasteiger partial charge on any atom is -0.457 e. The largest absolute Gasteiger partial charge is 0.457 e. The Bertz CT molecular complexity index is 1040. The first-order valence-corrected chi connectivity index (χ1v) is 11.0. The highest BCUT2D eigenvalue weighted by Gasteiger charge is 2.37. The lowest BCUT2D eigenvalue weighted by Gasteiger charge is -2.27. The number of nitrogens with zero attached hydrogens (tertiary/aromatic N) is 2. The van der Waals surface area contributed by atoms with Crippen LogP contribution >= 0.6 is 23.4 Å². The molecule has 2 fully saturated rings. The van der Waals surface area contributed by atoms with E-state index in [0.29, 0.717) is 29.6 Å². The highest BCUT2D eigenvalue weighted by atomic mass is 35.5. The van der Waals surface area contributed by atoms with Gasteiger partial charge in [-0.25, -0.2) is 0 Å². The van der Waals surface area contributed by atoms with Crippen molar-refractivity contribution in [2.45, 2.75) is 26.2 Å². The number of aryl methyl sites for hydroxylation is 1. The quantitative estimate of drug-likeness (QED) is 0.623. The van der Waals surface area contributed by atoms with Gasteiger partial charge < -0.3 is 9.32 Å². The smallest absolute Gasteiger partial charge is 0.294 e. The van der Waals surface area contributed by atoms with E-state index in [1.165, 1.54) is 6.08 Å². The molecule has 3 amide bonds. The third-order valence-corrected chi connectivity index (χ3v) is 6.55. The van der Waals surface area contributed by atoms with Crippen LogP contribution in [-0.2, 0) is 9.59 Å². The number of carbonyl (C=O) groups excluding carboxylic acids is 3. The lowest BCUT2D eigenvalue weighted by atomic mass is 10.1. The lowest BCUT2D eigenvalue weighted by Crippen LogP contribution is -2.44. The van der Waals surface area contributed by atoms with Gasteiger partial charge in [0.1, 0.15) is 18.1 Å². The Kier molecular flexibility index (Phi) is 6.01. The van der Waals surface area contributed by atoms with E-state index in [1.807, 2.05) is 25.1 Å². The van der Waals surface area contributed by atoms with Gasteiger partial charge in [0.05, 0.1) is 4.91 Å². The van der Waals surface area contributed by atoms with Crippen LogP contribution in [0.15, 0.2) is 39.7 Å². The number of imide groups is 1. The molecule has 2 aliphatic heterocycles. The molecule has 30 heavy (non-hydrogen) atoms. The fourth-order valence-electron chi connectivity index (χ4n) is 3.48. The second kappa shape index (κ2) is 8.70. The molecule has 6 nitrogen and oxygen atoms in total. The molecule has 0 radical (unpaired) electrons. The van der Waals surface area contributed by atoms with Gasteiger partial charge in [-0.3, -0.25) is 19.3 Å². The number of benzene rings is 1. The van der Waals surface area contributed by atoms with Gasteiger partial charge in [0, 0.05) is 29.8 Å². The number of hydrogen-bond acceptors (Lipinski definition) is 5. The maximum atomic E-state index is 12.7. The molecular weight excluding hydrogens is 424 g/mol. The van der Waals surface area contributed by atoms with Gasteiger partial charge in [0.2, 0.25) is 5.91 Å². The van der Waals surface area contributed by atoms with Crippen LogP contribution in [0.1, 0.15) is 30.6 Å². The minimum absolute atomic E-state index is 0.185. The van der Waals surface area contributed by atoms with Crippen LogP contribution in [0.2, 0.25) is 5.02 Å². The maximum Gasteiger partial charge on any atom is 0.294 e. The molecule has 0 unspecified atom stereocenters. The summed E-state index contributed by atoms with van der Waals surface area (Å²) in [4.78, 5) is 40.4. The number of hydrogen-bond donors (Lipinski definition) is 0. The van der Waals surface area contributed by atoms with Crippen molar-refractivity contribution in [3.8, 4) is 11.3 Å². The Labute approximate surface area is 183 Å². The molecule has 1 aromatic heterocycles. The zero-order chi connectivity index (χ0) is 21.3. The van der Waals surface area contributed by atoms with E-state index in [-0.39, 0.29) is 17.4 Å². The molecule has 0 bridgehead atoms. The van der Waals surface area contributed by atoms with E-state index >= 15 is 0 Å². The van der Waals surface area contributed by atoms with Crippen molar-refractivity contribution in [3.05, 3.63) is 51.6 Å². The van der Waals surface area contributed by atoms with Crippen molar-refractivity contribution in [3.63, 3.8) is 0 Å². The minimum atomic E-state index is -0.466. The van der Waals surface area contributed by atoms with Crippen molar-refractivity contribution in [2.75, 3.05) is 19.6 Å². The number of thioether (sulfide) groups is 1. The van der Waals surface area contributed by atoms with Crippen LogP contribution in [0.25, 0.3) is 17.4 Å². The molecule has 0 atom stereocenters. The van der Waals surface area contributed by atoms with E-state index in [1.54, 1.807) is 17.0 Å². The molecule has 2 saturated heterocycles. The normalized spacial score (nSPS) is 18.5. The monoisotopic (exact) mass is 444 g/mol. The molecule has 3 heterocycles. The summed E-state index contributed by atoms with van der Waals surface area (Å²) in [6, 6.07) is 9.15. The van der Waals surface area contributed by atoms with Crippen molar-refractivity contribution in [1.29, 1.82) is 0 Å². The Balaban J connectivity index is 1.47. The van der Waals surface area contributed by atoms with Crippen LogP contribution in [-0.4, -0.2) is 46.5 Å². The van der Waals surface area contributed by atoms with Crippen molar-refractivity contribution >= 4 is 46.5 Å². The predicted molar refractivity (Wildman–Crippen MR) is 117 cm³/mol. The van der Waals surface area contributed by atoms with E-state index < -0.39 is 11.1 Å². The molecule has 8 heteroatoms. The van der Waals surface area contributed by atoms with Crippen molar-refractivity contribution < 1.29 is 18.8 Å². The molecular formula is C22H21ClN2O4S. The van der Waals surface area contributed by atoms with E-state index in [2.05, 4.69) is 0 Å². The third-order valence-electron chi connectivity index (χ3n) is 5.23. The summed E-state index contributed by atoms with van der Waals surface area (Å²) in [6.45, 7) is 3.07. The van der Waals surface area contributed by atoms with Crippen LogP contribution in [0, 0.1) is 6.92 Å². The second-order valence-electron chi connectivity index (χ2n) is 7.38. The fraction of sp³-hybridized carbons (Fsp3) is 0.318. The van der Waals surface area contributed by atoms with Gasteiger partial charge >= 0.3 is 0 Å². The summed E-state index contributed by atoms with van der Waals surface area (Å²) < 4.78 is 5.82. The van der Waals surface area contributed by atoms with Crippen molar-refractivity contribution in [1.82, 2.24) is 9.80 Å². The van der Waals surface area contributed by atoms with Crippen LogP contribution < -0.4 is 0 Å². The summed E-state index contributed by atoms with van der Waals surface area (Å²) >= 11 is 7.00. The molecule has 0 spiro atoms. The molecule has 0 N–H and O–H groups in total. The Hall–Kier alpha value is -2.51. The molecule has 2 aromatic rings. The van der Waals surface area contributed by atoms with E-state index in [9.17, 15) is 14.4 Å². The molecule has 4 rings (SSSR count). The van der Waals surface area contributed by atoms with Gasteiger partial charge in [-0.2, -0.15) is 0 Å². The molecule has 0 aliphatic carbocycles. The lowest BCUT2D eigenvalue weighted by molar-refractivity contribution is -0.136. The number of amides is 3. The number of furan rings is 1. The zero-order valence-electron chi connectivity index (χ0n) is 16.5. The van der Waals surface area contributed by atoms with Crippen LogP contribution in [0.5, 0.6) is 0 Å². The Morgan fingerprint density at radius 2 is 1.93 bits per heavy atom. The highest BCUT2D eigenvalue weighted by Crippen LogP contribution is 2.34. The van der Waals surface area contributed by atoms with Gasteiger partial charge in [0.15, 0.2) is 0 Å². The third kappa shape index (κ3) is 4.32. The Morgan fingerprint density at radius 1 is 1.17 bits per heavy atom. The van der Waals surface area contributed by atoms with E-state index in [0.717, 1.165) is 47.1 Å². The number of likely N-dealkylation sites (tertiary alicyclic amines) is 1. The Morgan fingerprint density at radius 3 is 2.67 bits per heavy atom. The summed E-state index contributed by atoms with van der Waals surface area (Å²) in [5.41, 5.74) is 1.80. The first-order chi connectivity index (χ1) is 14.4. The van der Waals surface area contributed by atoms with Gasteiger partial charge in [0.25, 0.3) is 11.1 Å². The summed E-state index contributed by atoms with van der Waals surface area (Å²) in [7, 11) is 0. The number of halogens is 1. The molecule has 2 aliphatic rings. The predicted octanol–water partition coefficient (Wildman–Crippen LogP) is 4.96. The first kappa shape index (κ1) is 20.8. The summed E-state index contributed by atoms with van der Waals surface area (Å²) in [6.07, 6.45) is 4.56. The van der Waals surface area contributed by atoms with Crippen LogP contribution in [0.3, 0.4) is 0 Å². The SMILES string of the molecule is Cc1ccc(-c2ccc(/C=C3\SC(=O)N(CC(=O)N4CCCCC4)C3=O)o2)cc1Cl. The first-order valence-electron chi connectivity index (χ1n) is 9.82. The van der Waals surface area contributed by atoms with E-state index in [4.69, 9.17) is 16.0 Å². The van der Waals surface area contributed by atoms with Crippen LogP contribution in [0.4, 0.5) is 4.79 Å².